The second kappa shape index (κ2) is 14.8. The van der Waals surface area contributed by atoms with E-state index in [-0.39, 0.29) is 41.6 Å². The van der Waals surface area contributed by atoms with Crippen LogP contribution >= 0.6 is 24.0 Å². The topological polar surface area (TPSA) is 77.0 Å². The van der Waals surface area contributed by atoms with Crippen molar-refractivity contribution in [2.24, 2.45) is 4.99 Å². The Balaban J connectivity index is 0.00000450. The number of nitrogens with one attached hydrogen (secondary N) is 2. The van der Waals surface area contributed by atoms with Crippen molar-refractivity contribution in [1.82, 2.24) is 15.6 Å². The van der Waals surface area contributed by atoms with E-state index in [2.05, 4.69) is 20.6 Å². The van der Waals surface area contributed by atoms with Crippen molar-refractivity contribution in [2.75, 3.05) is 33.4 Å². The third-order valence-corrected chi connectivity index (χ3v) is 3.85. The number of hydrogen-bond acceptors (Lipinski definition) is 5. The molecule has 1 unspecified atom stereocenters. The van der Waals surface area contributed by atoms with Crippen molar-refractivity contribution < 1.29 is 18.6 Å². The van der Waals surface area contributed by atoms with Crippen molar-refractivity contribution >= 4 is 29.9 Å². The first-order chi connectivity index (χ1) is 14.1. The fourth-order valence-corrected chi connectivity index (χ4v) is 2.44. The van der Waals surface area contributed by atoms with Gasteiger partial charge in [0.1, 0.15) is 12.7 Å². The number of halogens is 2. The summed E-state index contributed by atoms with van der Waals surface area (Å²) in [6.07, 6.45) is 1.43. The summed E-state index contributed by atoms with van der Waals surface area (Å²) < 4.78 is 30.0. The van der Waals surface area contributed by atoms with Crippen LogP contribution in [0.3, 0.4) is 0 Å². The number of pyridine rings is 1. The molecule has 0 saturated carbocycles. The molecule has 0 amide bonds. The van der Waals surface area contributed by atoms with Crippen LogP contribution in [-0.2, 0) is 11.3 Å². The summed E-state index contributed by atoms with van der Waals surface area (Å²) in [5, 5.41) is 6.40. The first-order valence-electron chi connectivity index (χ1n) is 9.63. The number of aromatic nitrogens is 1. The number of hydrogen-bond donors (Lipinski definition) is 2. The molecule has 0 aliphatic heterocycles. The normalized spacial score (nSPS) is 11.9. The van der Waals surface area contributed by atoms with Crippen molar-refractivity contribution in [2.45, 2.75) is 26.5 Å². The fourth-order valence-electron chi connectivity index (χ4n) is 2.44. The molecule has 1 aromatic carbocycles. The van der Waals surface area contributed by atoms with E-state index >= 15 is 0 Å². The second-order valence-electron chi connectivity index (χ2n) is 6.24. The van der Waals surface area contributed by atoms with Crippen molar-refractivity contribution in [3.05, 3.63) is 54.0 Å². The number of methoxy groups -OCH3 is 1. The Labute approximate surface area is 194 Å². The molecule has 0 spiro atoms. The lowest BCUT2D eigenvalue weighted by Gasteiger charge is -2.18. The third-order valence-electron chi connectivity index (χ3n) is 3.85. The van der Waals surface area contributed by atoms with E-state index < -0.39 is 0 Å². The molecular formula is C21H30FIN4O3. The van der Waals surface area contributed by atoms with Crippen LogP contribution in [0.4, 0.5) is 4.39 Å². The minimum atomic E-state index is -0.377. The van der Waals surface area contributed by atoms with Crippen molar-refractivity contribution in [3.8, 4) is 11.6 Å². The summed E-state index contributed by atoms with van der Waals surface area (Å²) in [4.78, 5) is 8.84. The zero-order valence-corrected chi connectivity index (χ0v) is 19.9. The highest BCUT2D eigenvalue weighted by Gasteiger charge is 2.10. The quantitative estimate of drug-likeness (QED) is 0.200. The molecule has 1 heterocycles. The van der Waals surface area contributed by atoms with Gasteiger partial charge in [0.15, 0.2) is 17.5 Å². The van der Waals surface area contributed by atoms with Crippen LogP contribution in [0.5, 0.6) is 11.6 Å². The van der Waals surface area contributed by atoms with Gasteiger partial charge in [-0.2, -0.15) is 0 Å². The summed E-state index contributed by atoms with van der Waals surface area (Å²) in [7, 11) is 1.62. The predicted octanol–water partition coefficient (Wildman–Crippen LogP) is 3.39. The molecule has 166 valence electrons. The lowest BCUT2D eigenvalue weighted by atomic mass is 10.3. The zero-order chi connectivity index (χ0) is 20.9. The number of nitrogens with zero attached hydrogens (tertiary/aromatic N) is 2. The van der Waals surface area contributed by atoms with Gasteiger partial charge in [-0.25, -0.2) is 14.4 Å². The van der Waals surface area contributed by atoms with E-state index in [9.17, 15) is 4.39 Å². The van der Waals surface area contributed by atoms with E-state index in [1.807, 2.05) is 26.0 Å². The molecule has 2 rings (SSSR count). The maximum Gasteiger partial charge on any atom is 0.218 e. The summed E-state index contributed by atoms with van der Waals surface area (Å²) in [6.45, 7) is 6.33. The number of benzene rings is 1. The van der Waals surface area contributed by atoms with Crippen LogP contribution in [0.25, 0.3) is 0 Å². The van der Waals surface area contributed by atoms with E-state index in [4.69, 9.17) is 14.2 Å². The number of para-hydroxylation sites is 1. The van der Waals surface area contributed by atoms with Crippen molar-refractivity contribution in [3.63, 3.8) is 0 Å². The van der Waals surface area contributed by atoms with E-state index in [0.717, 1.165) is 5.56 Å². The molecule has 0 fully saturated rings. The Bertz CT molecular complexity index is 779. The van der Waals surface area contributed by atoms with Crippen LogP contribution in [0.1, 0.15) is 19.4 Å². The first kappa shape index (κ1) is 25.9. The van der Waals surface area contributed by atoms with Gasteiger partial charge in [0.2, 0.25) is 5.88 Å². The zero-order valence-electron chi connectivity index (χ0n) is 17.6. The Morgan fingerprint density at radius 3 is 2.70 bits per heavy atom. The smallest absolute Gasteiger partial charge is 0.218 e. The Morgan fingerprint density at radius 1 is 1.17 bits per heavy atom. The van der Waals surface area contributed by atoms with Gasteiger partial charge < -0.3 is 24.8 Å². The lowest BCUT2D eigenvalue weighted by Crippen LogP contribution is -2.41. The van der Waals surface area contributed by atoms with Gasteiger partial charge in [0.25, 0.3) is 0 Å². The standard InChI is InChI=1S/C21H29FN4O3.HI/c1-4-23-21(25-14-16(2)29-19-10-6-5-9-18(19)22)26-15-17-8-7-11-24-20(17)28-13-12-27-3;/h5-11,16H,4,12-15H2,1-3H3,(H2,23,25,26);1H. The van der Waals surface area contributed by atoms with Crippen LogP contribution in [-0.4, -0.2) is 50.5 Å². The number of ether oxygens (including phenoxy) is 3. The molecule has 1 aromatic heterocycles. The van der Waals surface area contributed by atoms with Gasteiger partial charge in [0, 0.05) is 25.4 Å². The minimum absolute atomic E-state index is 0. The van der Waals surface area contributed by atoms with Crippen LogP contribution in [0.15, 0.2) is 47.6 Å². The van der Waals surface area contributed by atoms with Crippen molar-refractivity contribution in [1.29, 1.82) is 0 Å². The average Bonchev–Trinajstić information content (AvgIpc) is 2.73. The Kier molecular flexibility index (Phi) is 12.8. The maximum absolute atomic E-state index is 13.7. The van der Waals surface area contributed by atoms with Crippen LogP contribution in [0, 0.1) is 5.82 Å². The molecule has 2 N–H and O–H groups in total. The summed E-state index contributed by atoms with van der Waals surface area (Å²) >= 11 is 0. The van der Waals surface area contributed by atoms with Gasteiger partial charge in [-0.15, -0.1) is 24.0 Å². The monoisotopic (exact) mass is 532 g/mol. The second-order valence-corrected chi connectivity index (χ2v) is 6.24. The molecule has 30 heavy (non-hydrogen) atoms. The molecule has 0 saturated heterocycles. The summed E-state index contributed by atoms with van der Waals surface area (Å²) in [6, 6.07) is 10.1. The summed E-state index contributed by atoms with van der Waals surface area (Å²) in [5.41, 5.74) is 0.872. The number of guanidine groups is 1. The first-order valence-corrected chi connectivity index (χ1v) is 9.63. The largest absolute Gasteiger partial charge is 0.486 e. The molecule has 9 heteroatoms. The van der Waals surface area contributed by atoms with E-state index in [0.29, 0.717) is 44.7 Å². The Morgan fingerprint density at radius 2 is 1.97 bits per heavy atom. The molecule has 0 radical (unpaired) electrons. The van der Waals surface area contributed by atoms with Gasteiger partial charge in [-0.05, 0) is 32.0 Å². The van der Waals surface area contributed by atoms with E-state index in [1.54, 1.807) is 31.5 Å². The molecule has 7 nitrogen and oxygen atoms in total. The molecular weight excluding hydrogens is 502 g/mol. The van der Waals surface area contributed by atoms with Gasteiger partial charge in [0.05, 0.1) is 19.7 Å². The fraction of sp³-hybridized carbons (Fsp3) is 0.429. The van der Waals surface area contributed by atoms with Gasteiger partial charge in [-0.3, -0.25) is 0 Å². The van der Waals surface area contributed by atoms with Gasteiger partial charge in [-0.1, -0.05) is 18.2 Å². The summed E-state index contributed by atoms with van der Waals surface area (Å²) in [5.74, 6) is 1.03. The lowest BCUT2D eigenvalue weighted by molar-refractivity contribution is 0.143. The molecule has 1 atom stereocenters. The van der Waals surface area contributed by atoms with Gasteiger partial charge >= 0.3 is 0 Å². The maximum atomic E-state index is 13.7. The highest BCUT2D eigenvalue weighted by Crippen LogP contribution is 2.17. The molecule has 0 bridgehead atoms. The molecule has 0 aliphatic carbocycles. The molecule has 0 aliphatic rings. The predicted molar refractivity (Wildman–Crippen MR) is 126 cm³/mol. The highest BCUT2D eigenvalue weighted by molar-refractivity contribution is 14.0. The highest BCUT2D eigenvalue weighted by atomic mass is 127. The average molecular weight is 532 g/mol. The number of rotatable bonds is 11. The third kappa shape index (κ3) is 9.12. The number of aliphatic imine (C=N–C) groups is 1. The SMILES string of the molecule is CCNC(=NCc1cccnc1OCCOC)NCC(C)Oc1ccccc1F.I. The van der Waals surface area contributed by atoms with Crippen LogP contribution in [0.2, 0.25) is 0 Å². The van der Waals surface area contributed by atoms with Crippen LogP contribution < -0.4 is 20.1 Å². The Hall–Kier alpha value is -2.14. The van der Waals surface area contributed by atoms with E-state index in [1.165, 1.54) is 6.07 Å². The minimum Gasteiger partial charge on any atom is -0.486 e. The molecule has 2 aromatic rings.